The first kappa shape index (κ1) is 15.4. The van der Waals surface area contributed by atoms with Crippen molar-refractivity contribution in [2.24, 2.45) is 11.3 Å². The summed E-state index contributed by atoms with van der Waals surface area (Å²) in [7, 11) is 0. The van der Waals surface area contributed by atoms with E-state index in [1.807, 2.05) is 0 Å². The van der Waals surface area contributed by atoms with Gasteiger partial charge in [0.15, 0.2) is 5.78 Å². The largest absolute Gasteiger partial charge is 0.393 e. The zero-order chi connectivity index (χ0) is 14.3. The third-order valence-electron chi connectivity index (χ3n) is 3.33. The number of hydrogen-bond donors (Lipinski definition) is 1. The van der Waals surface area contributed by atoms with Crippen LogP contribution >= 0.6 is 0 Å². The van der Waals surface area contributed by atoms with Crippen LogP contribution in [0, 0.1) is 11.3 Å². The Labute approximate surface area is 104 Å². The predicted octanol–water partition coefficient (Wildman–Crippen LogP) is 2.87. The van der Waals surface area contributed by atoms with Crippen molar-refractivity contribution < 1.29 is 22.4 Å². The molecular weight excluding hydrogens is 250 g/mol. The Balaban J connectivity index is 2.84. The van der Waals surface area contributed by atoms with Gasteiger partial charge in [0, 0.05) is 11.5 Å². The maximum atomic E-state index is 13.8. The maximum Gasteiger partial charge on any atom is 0.393 e. The molecule has 0 saturated carbocycles. The zero-order valence-electron chi connectivity index (χ0n) is 10.9. The van der Waals surface area contributed by atoms with Crippen LogP contribution in [-0.4, -0.2) is 30.2 Å². The number of ketones is 1. The van der Waals surface area contributed by atoms with Gasteiger partial charge >= 0.3 is 6.18 Å². The molecule has 0 aliphatic carbocycles. The predicted molar refractivity (Wildman–Crippen MR) is 59.9 cm³/mol. The van der Waals surface area contributed by atoms with Gasteiger partial charge < -0.3 is 5.32 Å². The average Bonchev–Trinajstić information content (AvgIpc) is 2.16. The fourth-order valence-corrected chi connectivity index (χ4v) is 2.21. The van der Waals surface area contributed by atoms with Crippen LogP contribution in [0.4, 0.5) is 17.6 Å². The molecule has 1 fully saturated rings. The number of nitrogens with one attached hydrogen (secondary N) is 1. The second kappa shape index (κ2) is 4.79. The molecule has 0 aromatic heterocycles. The Morgan fingerprint density at radius 1 is 1.22 bits per heavy atom. The van der Waals surface area contributed by atoms with Gasteiger partial charge in [0.2, 0.25) is 0 Å². The quantitative estimate of drug-likeness (QED) is 0.742. The maximum absolute atomic E-state index is 13.8. The number of hydrogen-bond acceptors (Lipinski definition) is 2. The minimum atomic E-state index is -4.44. The highest BCUT2D eigenvalue weighted by molar-refractivity contribution is 5.89. The molecule has 2 nitrogen and oxygen atoms in total. The monoisotopic (exact) mass is 269 g/mol. The molecule has 106 valence electrons. The normalized spacial score (nSPS) is 34.4. The first-order valence-electron chi connectivity index (χ1n) is 5.95. The minimum absolute atomic E-state index is 0.387. The van der Waals surface area contributed by atoms with Crippen LogP contribution in [0.5, 0.6) is 0 Å². The van der Waals surface area contributed by atoms with E-state index in [0.717, 1.165) is 0 Å². The highest BCUT2D eigenvalue weighted by atomic mass is 19.4. The zero-order valence-corrected chi connectivity index (χ0v) is 10.9. The van der Waals surface area contributed by atoms with Crippen LogP contribution in [0.3, 0.4) is 0 Å². The van der Waals surface area contributed by atoms with Crippen LogP contribution in [0.2, 0.25) is 0 Å². The Morgan fingerprint density at radius 2 is 1.72 bits per heavy atom. The molecule has 1 rings (SSSR count). The minimum Gasteiger partial charge on any atom is -0.302 e. The summed E-state index contributed by atoms with van der Waals surface area (Å²) in [5, 5.41) is 2.48. The molecule has 4 atom stereocenters. The lowest BCUT2D eigenvalue weighted by Gasteiger charge is -2.39. The number of Topliss-reactive ketones (excluding diaryl/α,β-unsaturated/α-hetero) is 1. The van der Waals surface area contributed by atoms with E-state index in [0.29, 0.717) is 0 Å². The van der Waals surface area contributed by atoms with Gasteiger partial charge in [-0.3, -0.25) is 4.79 Å². The molecule has 0 amide bonds. The lowest BCUT2D eigenvalue weighted by atomic mass is 9.78. The molecule has 1 aliphatic rings. The Bertz CT molecular complexity index is 321. The third kappa shape index (κ3) is 3.22. The summed E-state index contributed by atoms with van der Waals surface area (Å²) in [6.45, 7) is 6.23. The number of alkyl halides is 4. The fourth-order valence-electron chi connectivity index (χ4n) is 2.21. The fraction of sp³-hybridized carbons (Fsp3) is 0.917. The molecule has 6 heteroatoms. The summed E-state index contributed by atoms with van der Waals surface area (Å²) in [4.78, 5) is 11.9. The average molecular weight is 269 g/mol. The first-order valence-corrected chi connectivity index (χ1v) is 5.95. The van der Waals surface area contributed by atoms with Crippen molar-refractivity contribution in [1.82, 2.24) is 5.32 Å². The van der Waals surface area contributed by atoms with Crippen molar-refractivity contribution in [3.05, 3.63) is 0 Å². The summed E-state index contributed by atoms with van der Waals surface area (Å²) >= 11 is 0. The molecule has 1 N–H and O–H groups in total. The highest BCUT2D eigenvalue weighted by Gasteiger charge is 2.51. The van der Waals surface area contributed by atoms with E-state index in [9.17, 15) is 22.4 Å². The van der Waals surface area contributed by atoms with Gasteiger partial charge in [-0.1, -0.05) is 20.8 Å². The van der Waals surface area contributed by atoms with Gasteiger partial charge in [-0.2, -0.15) is 13.2 Å². The van der Waals surface area contributed by atoms with Crippen LogP contribution in [0.15, 0.2) is 0 Å². The van der Waals surface area contributed by atoms with E-state index in [4.69, 9.17) is 0 Å². The van der Waals surface area contributed by atoms with Crippen LogP contribution < -0.4 is 5.32 Å². The highest BCUT2D eigenvalue weighted by Crippen LogP contribution is 2.37. The van der Waals surface area contributed by atoms with Gasteiger partial charge in [0.25, 0.3) is 0 Å². The lowest BCUT2D eigenvalue weighted by Crippen LogP contribution is -2.60. The molecule has 0 radical (unpaired) electrons. The van der Waals surface area contributed by atoms with Crippen molar-refractivity contribution in [2.75, 3.05) is 0 Å². The van der Waals surface area contributed by atoms with Crippen molar-refractivity contribution in [2.45, 2.75) is 58.5 Å². The van der Waals surface area contributed by atoms with E-state index in [1.54, 1.807) is 20.8 Å². The SMILES string of the molecule is CC1NC(C(=O)C(C)(C)C)C(F)CC1C(F)(F)F. The molecule has 1 aliphatic heterocycles. The van der Waals surface area contributed by atoms with Crippen LogP contribution in [-0.2, 0) is 4.79 Å². The molecule has 18 heavy (non-hydrogen) atoms. The van der Waals surface area contributed by atoms with E-state index in [-0.39, 0.29) is 5.78 Å². The summed E-state index contributed by atoms with van der Waals surface area (Å²) in [6, 6.07) is -2.09. The first-order chi connectivity index (χ1) is 7.94. The molecule has 0 aromatic carbocycles. The van der Waals surface area contributed by atoms with Crippen molar-refractivity contribution in [3.63, 3.8) is 0 Å². The van der Waals surface area contributed by atoms with Gasteiger partial charge in [0.1, 0.15) is 6.17 Å². The van der Waals surface area contributed by atoms with Crippen LogP contribution in [0.25, 0.3) is 0 Å². The number of rotatable bonds is 1. The molecule has 0 spiro atoms. The summed E-state index contributed by atoms with van der Waals surface area (Å²) in [5.74, 6) is -2.13. The van der Waals surface area contributed by atoms with E-state index in [1.165, 1.54) is 6.92 Å². The second-order valence-electron chi connectivity index (χ2n) is 5.95. The molecule has 0 bridgehead atoms. The Hall–Kier alpha value is -0.650. The van der Waals surface area contributed by atoms with Crippen molar-refractivity contribution >= 4 is 5.78 Å². The number of piperidine rings is 1. The number of carbonyl (C=O) groups excluding carboxylic acids is 1. The second-order valence-corrected chi connectivity index (χ2v) is 5.95. The molecule has 1 heterocycles. The van der Waals surface area contributed by atoms with Crippen LogP contribution in [0.1, 0.15) is 34.1 Å². The van der Waals surface area contributed by atoms with Gasteiger partial charge in [0.05, 0.1) is 12.0 Å². The van der Waals surface area contributed by atoms with Gasteiger partial charge in [-0.15, -0.1) is 0 Å². The summed E-state index contributed by atoms with van der Waals surface area (Å²) < 4.78 is 51.7. The van der Waals surface area contributed by atoms with E-state index >= 15 is 0 Å². The Kier molecular flexibility index (Phi) is 4.10. The Morgan fingerprint density at radius 3 is 2.11 bits per heavy atom. The standard InChI is InChI=1S/C12H19F4NO/c1-6-7(12(14,15)16)5-8(13)9(17-6)10(18)11(2,3)4/h6-9,17H,5H2,1-4H3. The summed E-state index contributed by atoms with van der Waals surface area (Å²) in [5.41, 5.74) is -0.771. The topological polar surface area (TPSA) is 29.1 Å². The molecule has 0 aromatic rings. The van der Waals surface area contributed by atoms with E-state index in [2.05, 4.69) is 5.32 Å². The number of halogens is 4. The van der Waals surface area contributed by atoms with Crippen molar-refractivity contribution in [3.8, 4) is 0 Å². The van der Waals surface area contributed by atoms with Gasteiger partial charge in [-0.25, -0.2) is 4.39 Å². The van der Waals surface area contributed by atoms with Gasteiger partial charge in [-0.05, 0) is 13.3 Å². The molecule has 4 unspecified atom stereocenters. The van der Waals surface area contributed by atoms with Crippen molar-refractivity contribution in [1.29, 1.82) is 0 Å². The molecule has 1 saturated heterocycles. The molecular formula is C12H19F4NO. The number of carbonyl (C=O) groups is 1. The van der Waals surface area contributed by atoms with E-state index < -0.39 is 42.2 Å². The lowest BCUT2D eigenvalue weighted by molar-refractivity contribution is -0.195. The third-order valence-corrected chi connectivity index (χ3v) is 3.33. The summed E-state index contributed by atoms with van der Waals surface area (Å²) in [6.07, 6.45) is -6.88. The smallest absolute Gasteiger partial charge is 0.302 e.